The maximum atomic E-state index is 11.2. The molecule has 0 N–H and O–H groups in total. The molecule has 0 spiro atoms. The summed E-state index contributed by atoms with van der Waals surface area (Å²) in [5.41, 5.74) is 16.0. The summed E-state index contributed by atoms with van der Waals surface area (Å²) >= 11 is 0. The molecular weight excluding hydrogens is 597 g/mol. The molecule has 1 aliphatic carbocycles. The highest BCUT2D eigenvalue weighted by molar-refractivity contribution is 6.13. The Labute approximate surface area is 285 Å². The summed E-state index contributed by atoms with van der Waals surface area (Å²) < 4.78 is 4.43. The van der Waals surface area contributed by atoms with Crippen LogP contribution >= 0.6 is 0 Å². The molecule has 49 heavy (non-hydrogen) atoms. The Morgan fingerprint density at radius 1 is 0.551 bits per heavy atom. The van der Waals surface area contributed by atoms with Crippen LogP contribution in [0.1, 0.15) is 58.4 Å². The summed E-state index contributed by atoms with van der Waals surface area (Å²) in [7, 11) is 0. The molecule has 6 aromatic carbocycles. The normalized spacial score (nSPS) is 13.2. The van der Waals surface area contributed by atoms with Crippen molar-refractivity contribution in [3.05, 3.63) is 142 Å². The van der Waals surface area contributed by atoms with Gasteiger partial charge < -0.3 is 9.13 Å². The molecule has 4 heteroatoms. The Balaban J connectivity index is 1.45. The molecule has 0 radical (unpaired) electrons. The van der Waals surface area contributed by atoms with Crippen LogP contribution in [0.25, 0.3) is 66.1 Å². The van der Waals surface area contributed by atoms with E-state index in [9.17, 15) is 10.5 Å². The van der Waals surface area contributed by atoms with Gasteiger partial charge in [0.05, 0.1) is 39.0 Å². The van der Waals surface area contributed by atoms with Crippen molar-refractivity contribution in [1.29, 1.82) is 10.5 Å². The zero-order chi connectivity index (χ0) is 33.9. The number of nitrogens with zero attached hydrogens (tertiary/aromatic N) is 4. The largest absolute Gasteiger partial charge is 0.308 e. The van der Waals surface area contributed by atoms with E-state index < -0.39 is 0 Å². The average Bonchev–Trinajstić information content (AvgIpc) is 3.66. The first-order valence-corrected chi connectivity index (χ1v) is 16.8. The summed E-state index contributed by atoms with van der Waals surface area (Å²) in [6, 6.07) is 39.6. The van der Waals surface area contributed by atoms with Gasteiger partial charge in [0, 0.05) is 27.0 Å². The van der Waals surface area contributed by atoms with Gasteiger partial charge in [-0.2, -0.15) is 10.5 Å². The Morgan fingerprint density at radius 3 is 1.88 bits per heavy atom. The lowest BCUT2D eigenvalue weighted by Crippen LogP contribution is -2.14. The maximum absolute atomic E-state index is 11.2. The van der Waals surface area contributed by atoms with Gasteiger partial charge >= 0.3 is 0 Å². The second kappa shape index (κ2) is 9.96. The first-order chi connectivity index (χ1) is 23.6. The molecule has 4 nitrogen and oxygen atoms in total. The van der Waals surface area contributed by atoms with Gasteiger partial charge in [0.15, 0.2) is 0 Å². The Hall–Kier alpha value is -6.10. The van der Waals surface area contributed by atoms with E-state index in [0.717, 1.165) is 60.4 Å². The summed E-state index contributed by atoms with van der Waals surface area (Å²) in [4.78, 5) is 0. The van der Waals surface area contributed by atoms with Gasteiger partial charge in [-0.3, -0.25) is 0 Å². The third-order valence-electron chi connectivity index (χ3n) is 10.9. The van der Waals surface area contributed by atoms with Crippen molar-refractivity contribution in [2.24, 2.45) is 0 Å². The van der Waals surface area contributed by atoms with Gasteiger partial charge in [0.25, 0.3) is 0 Å². The highest BCUT2D eigenvalue weighted by Gasteiger charge is 2.36. The van der Waals surface area contributed by atoms with E-state index >= 15 is 0 Å². The number of rotatable bonds is 2. The van der Waals surface area contributed by atoms with Crippen molar-refractivity contribution in [2.75, 3.05) is 0 Å². The third kappa shape index (κ3) is 3.78. The number of hydrogen-bond donors (Lipinski definition) is 0. The molecule has 1 aliphatic rings. The maximum Gasteiger partial charge on any atom is 0.104 e. The molecule has 0 atom stereocenters. The second-order valence-corrected chi connectivity index (χ2v) is 14.3. The number of hydrogen-bond acceptors (Lipinski definition) is 2. The minimum atomic E-state index is -0.133. The van der Waals surface area contributed by atoms with E-state index in [4.69, 9.17) is 0 Å². The van der Waals surface area contributed by atoms with Crippen LogP contribution in [0.5, 0.6) is 0 Å². The Morgan fingerprint density at radius 2 is 1.20 bits per heavy atom. The predicted octanol–water partition coefficient (Wildman–Crippen LogP) is 11.2. The van der Waals surface area contributed by atoms with E-state index in [1.807, 2.05) is 12.1 Å². The van der Waals surface area contributed by atoms with Crippen LogP contribution in [0.3, 0.4) is 0 Å². The number of aryl methyl sites for hydroxylation is 4. The van der Waals surface area contributed by atoms with Gasteiger partial charge in [-0.15, -0.1) is 0 Å². The SMILES string of the molecule is Cc1cc(C)c2c(c1)c1cc(C)cc(C)c1n2-c1c(C#N)ccc(-n2c3ccccc3c3cc4c(cc32)-c2ccccc2C4(C)C)c1C#N. The molecule has 0 bridgehead atoms. The van der Waals surface area contributed by atoms with E-state index in [-0.39, 0.29) is 5.41 Å². The number of benzene rings is 6. The van der Waals surface area contributed by atoms with E-state index in [1.165, 1.54) is 33.4 Å². The van der Waals surface area contributed by atoms with Crippen molar-refractivity contribution in [2.45, 2.75) is 47.0 Å². The Bertz CT molecular complexity index is 2790. The molecule has 0 saturated heterocycles. The smallest absolute Gasteiger partial charge is 0.104 e. The first kappa shape index (κ1) is 29.1. The number of fused-ring (bicyclic) bond motifs is 9. The fourth-order valence-corrected chi connectivity index (χ4v) is 8.88. The van der Waals surface area contributed by atoms with Gasteiger partial charge in [0.1, 0.15) is 17.7 Å². The highest BCUT2D eigenvalue weighted by atomic mass is 15.0. The van der Waals surface area contributed by atoms with Crippen LogP contribution in [0.4, 0.5) is 0 Å². The Kier molecular flexibility index (Phi) is 5.91. The molecule has 0 saturated carbocycles. The van der Waals surface area contributed by atoms with Gasteiger partial charge in [-0.25, -0.2) is 0 Å². The molecule has 0 amide bonds. The first-order valence-electron chi connectivity index (χ1n) is 16.8. The lowest BCUT2D eigenvalue weighted by atomic mass is 9.82. The minimum Gasteiger partial charge on any atom is -0.308 e. The van der Waals surface area contributed by atoms with Crippen LogP contribution < -0.4 is 0 Å². The van der Waals surface area contributed by atoms with Crippen molar-refractivity contribution < 1.29 is 0 Å². The van der Waals surface area contributed by atoms with Crippen LogP contribution in [0, 0.1) is 50.4 Å². The van der Waals surface area contributed by atoms with Gasteiger partial charge in [-0.05, 0) is 104 Å². The van der Waals surface area contributed by atoms with Crippen LogP contribution in [-0.2, 0) is 5.41 Å². The fraction of sp³-hybridized carbons (Fsp3) is 0.156. The van der Waals surface area contributed by atoms with Gasteiger partial charge in [0.2, 0.25) is 0 Å². The van der Waals surface area contributed by atoms with E-state index in [1.54, 1.807) is 0 Å². The lowest BCUT2D eigenvalue weighted by Gasteiger charge is -2.21. The summed E-state index contributed by atoms with van der Waals surface area (Å²) in [5.74, 6) is 0. The number of para-hydroxylation sites is 1. The summed E-state index contributed by atoms with van der Waals surface area (Å²) in [6.45, 7) is 13.1. The van der Waals surface area contributed by atoms with Crippen LogP contribution in [0.15, 0.2) is 97.1 Å². The van der Waals surface area contributed by atoms with Gasteiger partial charge in [-0.1, -0.05) is 79.6 Å². The summed E-state index contributed by atoms with van der Waals surface area (Å²) in [6.07, 6.45) is 0. The third-order valence-corrected chi connectivity index (χ3v) is 10.9. The standard InChI is InChI=1S/C45H34N4/c1-25-17-27(3)42-34(19-25)35-20-26(2)18-28(4)43(35)49(42)44-29(23-46)15-16-40(36(44)24-47)48-39-14-10-8-12-31(39)33-21-38-32(22-41(33)48)30-11-7-9-13-37(30)45(38,5)6/h7-22H,1-6H3. The molecule has 9 rings (SSSR count). The van der Waals surface area contributed by atoms with Crippen molar-refractivity contribution in [3.8, 4) is 34.6 Å². The molecule has 0 unspecified atom stereocenters. The molecule has 2 aromatic heterocycles. The van der Waals surface area contributed by atoms with E-state index in [0.29, 0.717) is 16.8 Å². The molecule has 2 heterocycles. The zero-order valence-electron chi connectivity index (χ0n) is 28.5. The number of nitriles is 2. The van der Waals surface area contributed by atoms with Crippen molar-refractivity contribution in [1.82, 2.24) is 9.13 Å². The average molecular weight is 631 g/mol. The molecule has 234 valence electrons. The minimum absolute atomic E-state index is 0.133. The molecule has 8 aromatic rings. The van der Waals surface area contributed by atoms with Crippen LogP contribution in [-0.4, -0.2) is 9.13 Å². The number of aromatic nitrogens is 2. The molecule has 0 aliphatic heterocycles. The lowest BCUT2D eigenvalue weighted by molar-refractivity contribution is 0.661. The summed E-state index contributed by atoms with van der Waals surface area (Å²) in [5, 5.41) is 26.4. The van der Waals surface area contributed by atoms with E-state index in [2.05, 4.69) is 148 Å². The van der Waals surface area contributed by atoms with Crippen molar-refractivity contribution >= 4 is 43.6 Å². The highest BCUT2D eigenvalue weighted by Crippen LogP contribution is 2.51. The quantitative estimate of drug-likeness (QED) is 0.191. The molecular formula is C45H34N4. The monoisotopic (exact) mass is 630 g/mol. The topological polar surface area (TPSA) is 57.4 Å². The van der Waals surface area contributed by atoms with Crippen LogP contribution in [0.2, 0.25) is 0 Å². The second-order valence-electron chi connectivity index (χ2n) is 14.3. The zero-order valence-corrected chi connectivity index (χ0v) is 28.5. The predicted molar refractivity (Wildman–Crippen MR) is 201 cm³/mol. The van der Waals surface area contributed by atoms with Crippen molar-refractivity contribution in [3.63, 3.8) is 0 Å². The fourth-order valence-electron chi connectivity index (χ4n) is 8.88. The molecule has 0 fully saturated rings.